The highest BCUT2D eigenvalue weighted by Crippen LogP contribution is 2.30. The van der Waals surface area contributed by atoms with Crippen molar-refractivity contribution in [3.63, 3.8) is 0 Å². The van der Waals surface area contributed by atoms with Gasteiger partial charge in [0.2, 0.25) is 5.89 Å². The van der Waals surface area contributed by atoms with E-state index in [1.54, 1.807) is 19.1 Å². The predicted octanol–water partition coefficient (Wildman–Crippen LogP) is 6.92. The van der Waals surface area contributed by atoms with Crippen LogP contribution in [0.2, 0.25) is 0 Å². The molecule has 1 aliphatic carbocycles. The Bertz CT molecular complexity index is 1280. The molecule has 0 bridgehead atoms. The molecule has 1 saturated carbocycles. The number of rotatable bonds is 13. The lowest BCUT2D eigenvalue weighted by Gasteiger charge is -2.29. The van der Waals surface area contributed by atoms with E-state index in [1.807, 2.05) is 32.0 Å². The highest BCUT2D eigenvalue weighted by molar-refractivity contribution is 5.93. The fourth-order valence-corrected chi connectivity index (χ4v) is 4.89. The van der Waals surface area contributed by atoms with Gasteiger partial charge in [-0.05, 0) is 76.1 Å². The van der Waals surface area contributed by atoms with Crippen LogP contribution in [-0.4, -0.2) is 48.1 Å². The van der Waals surface area contributed by atoms with Gasteiger partial charge in [0, 0.05) is 11.6 Å². The Morgan fingerprint density at radius 2 is 1.82 bits per heavy atom. The van der Waals surface area contributed by atoms with Crippen LogP contribution >= 0.6 is 0 Å². The van der Waals surface area contributed by atoms with Gasteiger partial charge in [0.05, 0.1) is 32.0 Å². The van der Waals surface area contributed by atoms with E-state index in [-0.39, 0.29) is 24.4 Å². The second kappa shape index (κ2) is 13.8. The first-order chi connectivity index (χ1) is 19.2. The van der Waals surface area contributed by atoms with Gasteiger partial charge in [-0.3, -0.25) is 0 Å². The molecule has 2 atom stereocenters. The Morgan fingerprint density at radius 1 is 1.05 bits per heavy atom. The topological polar surface area (TPSA) is 100 Å². The summed E-state index contributed by atoms with van der Waals surface area (Å²) in [5.41, 5.74) is 3.69. The molecule has 2 aromatic carbocycles. The van der Waals surface area contributed by atoms with Crippen LogP contribution in [0.4, 0.5) is 0 Å². The number of aromatic carboxylic acids is 1. The third-order valence-electron chi connectivity index (χ3n) is 6.96. The second-order valence-electron chi connectivity index (χ2n) is 11.0. The van der Waals surface area contributed by atoms with E-state index >= 15 is 0 Å². The van der Waals surface area contributed by atoms with E-state index in [0.29, 0.717) is 48.7 Å². The van der Waals surface area contributed by atoms with Crippen LogP contribution in [0.1, 0.15) is 72.5 Å². The number of hydrogen-bond donors (Lipinski definition) is 1. The van der Waals surface area contributed by atoms with Crippen LogP contribution in [-0.2, 0) is 16.1 Å². The van der Waals surface area contributed by atoms with E-state index in [2.05, 4.69) is 24.9 Å². The summed E-state index contributed by atoms with van der Waals surface area (Å²) in [6.45, 7) is 11.4. The molecule has 1 aromatic heterocycles. The monoisotopic (exact) mass is 551 g/mol. The van der Waals surface area contributed by atoms with Gasteiger partial charge in [-0.25, -0.2) is 9.78 Å². The van der Waals surface area contributed by atoms with Crippen LogP contribution in [0.3, 0.4) is 0 Å². The smallest absolute Gasteiger partial charge is 0.339 e. The van der Waals surface area contributed by atoms with Crippen LogP contribution in [0.15, 0.2) is 40.8 Å². The van der Waals surface area contributed by atoms with Crippen molar-refractivity contribution in [2.24, 2.45) is 5.92 Å². The van der Waals surface area contributed by atoms with E-state index in [0.717, 1.165) is 48.3 Å². The summed E-state index contributed by atoms with van der Waals surface area (Å²) in [6, 6.07) is 11.5. The van der Waals surface area contributed by atoms with Crippen LogP contribution < -0.4 is 9.47 Å². The van der Waals surface area contributed by atoms with Crippen LogP contribution in [0.5, 0.6) is 11.5 Å². The average molecular weight is 552 g/mol. The summed E-state index contributed by atoms with van der Waals surface area (Å²) < 4.78 is 29.9. The standard InChI is InChI=1S/C32H41NO7/c1-20(2)18-38-27-15-22(4)30(32(34)35)29(17-27)37-13-12-36-25-10-7-11-26(16-25)39-19-28-23(5)40-31(33-28)24-9-6-8-21(3)14-24/h6,8-9,14-15,17,20,25-26H,7,10-13,16,18-19H2,1-5H3,(H,34,35)/t25-,26?/m1/s1. The van der Waals surface area contributed by atoms with Gasteiger partial charge in [-0.1, -0.05) is 31.5 Å². The molecule has 1 N–H and O–H groups in total. The SMILES string of the molecule is Cc1cccc(-c2nc(COC3CCC[C@@H](OCCOc4cc(OCC(C)C)cc(C)c4C(=O)O)C3)c(C)o2)c1. The van der Waals surface area contributed by atoms with Crippen molar-refractivity contribution in [1.82, 2.24) is 4.98 Å². The Morgan fingerprint density at radius 3 is 2.55 bits per heavy atom. The average Bonchev–Trinajstić information content (AvgIpc) is 3.29. The molecular formula is C32H41NO7. The first-order valence-electron chi connectivity index (χ1n) is 14.1. The minimum atomic E-state index is -1.02. The molecule has 0 aliphatic heterocycles. The molecule has 1 aliphatic rings. The summed E-state index contributed by atoms with van der Waals surface area (Å²) in [7, 11) is 0. The number of oxazole rings is 1. The Kier molecular flexibility index (Phi) is 10.2. The minimum Gasteiger partial charge on any atom is -0.493 e. The number of nitrogens with zero attached hydrogens (tertiary/aromatic N) is 1. The van der Waals surface area contributed by atoms with Crippen molar-refractivity contribution < 1.29 is 33.3 Å². The summed E-state index contributed by atoms with van der Waals surface area (Å²) in [6.07, 6.45) is 3.87. The van der Waals surface area contributed by atoms with Gasteiger partial charge < -0.3 is 28.5 Å². The van der Waals surface area contributed by atoms with E-state index in [1.165, 1.54) is 0 Å². The molecule has 1 unspecified atom stereocenters. The van der Waals surface area contributed by atoms with Crippen molar-refractivity contribution in [2.75, 3.05) is 19.8 Å². The van der Waals surface area contributed by atoms with Crippen molar-refractivity contribution in [1.29, 1.82) is 0 Å². The molecule has 0 amide bonds. The predicted molar refractivity (Wildman–Crippen MR) is 152 cm³/mol. The van der Waals surface area contributed by atoms with Crippen molar-refractivity contribution >= 4 is 5.97 Å². The third-order valence-corrected chi connectivity index (χ3v) is 6.96. The Balaban J connectivity index is 1.26. The number of hydrogen-bond acceptors (Lipinski definition) is 7. The number of carboxylic acid groups (broad SMARTS) is 1. The molecule has 8 heteroatoms. The van der Waals surface area contributed by atoms with Gasteiger partial charge in [0.25, 0.3) is 0 Å². The Labute approximate surface area is 236 Å². The highest BCUT2D eigenvalue weighted by Gasteiger charge is 2.24. The fourth-order valence-electron chi connectivity index (χ4n) is 4.89. The van der Waals surface area contributed by atoms with Crippen molar-refractivity contribution in [3.05, 3.63) is 64.5 Å². The third kappa shape index (κ3) is 8.08. The molecule has 8 nitrogen and oxygen atoms in total. The van der Waals surface area contributed by atoms with Crippen LogP contribution in [0.25, 0.3) is 11.5 Å². The lowest BCUT2D eigenvalue weighted by atomic mass is 9.95. The highest BCUT2D eigenvalue weighted by atomic mass is 16.5. The second-order valence-corrected chi connectivity index (χ2v) is 11.0. The van der Waals surface area contributed by atoms with Gasteiger partial charge in [0.15, 0.2) is 0 Å². The number of benzene rings is 2. The first-order valence-corrected chi connectivity index (χ1v) is 14.1. The molecule has 1 heterocycles. The lowest BCUT2D eigenvalue weighted by Crippen LogP contribution is -2.29. The van der Waals surface area contributed by atoms with E-state index in [4.69, 9.17) is 23.4 Å². The number of carbonyl (C=O) groups is 1. The zero-order valence-corrected chi connectivity index (χ0v) is 24.2. The Hall–Kier alpha value is -3.36. The molecule has 1 fully saturated rings. The molecule has 216 valence electrons. The normalized spacial score (nSPS) is 17.2. The molecule has 4 rings (SSSR count). The maximum atomic E-state index is 11.8. The first kappa shape index (κ1) is 29.6. The lowest BCUT2D eigenvalue weighted by molar-refractivity contribution is -0.0556. The molecule has 0 radical (unpaired) electrons. The molecule has 0 spiro atoms. The quantitative estimate of drug-likeness (QED) is 0.228. The maximum absolute atomic E-state index is 11.8. The fraction of sp³-hybridized carbons (Fsp3) is 0.500. The minimum absolute atomic E-state index is 0.0602. The molecule has 40 heavy (non-hydrogen) atoms. The zero-order chi connectivity index (χ0) is 28.6. The van der Waals surface area contributed by atoms with Gasteiger partial charge >= 0.3 is 5.97 Å². The summed E-state index contributed by atoms with van der Waals surface area (Å²) in [5, 5.41) is 9.69. The number of ether oxygens (including phenoxy) is 4. The van der Waals surface area contributed by atoms with E-state index < -0.39 is 5.97 Å². The number of aromatic nitrogens is 1. The van der Waals surface area contributed by atoms with Crippen molar-refractivity contribution in [2.45, 2.75) is 79.1 Å². The van der Waals surface area contributed by atoms with Gasteiger partial charge in [-0.15, -0.1) is 0 Å². The maximum Gasteiger partial charge on any atom is 0.339 e. The summed E-state index contributed by atoms with van der Waals surface area (Å²) in [5.74, 6) is 1.62. The number of aryl methyl sites for hydroxylation is 3. The summed E-state index contributed by atoms with van der Waals surface area (Å²) >= 11 is 0. The summed E-state index contributed by atoms with van der Waals surface area (Å²) in [4.78, 5) is 16.5. The van der Waals surface area contributed by atoms with Crippen molar-refractivity contribution in [3.8, 4) is 23.0 Å². The van der Waals surface area contributed by atoms with Gasteiger partial charge in [0.1, 0.15) is 35.1 Å². The molecule has 3 aromatic rings. The van der Waals surface area contributed by atoms with Crippen LogP contribution in [0, 0.1) is 26.7 Å². The van der Waals surface area contributed by atoms with E-state index in [9.17, 15) is 9.90 Å². The zero-order valence-electron chi connectivity index (χ0n) is 24.2. The number of carboxylic acids is 1. The van der Waals surface area contributed by atoms with Gasteiger partial charge in [-0.2, -0.15) is 0 Å². The molecular weight excluding hydrogens is 510 g/mol. The largest absolute Gasteiger partial charge is 0.493 e. The molecule has 0 saturated heterocycles.